The molecule has 0 radical (unpaired) electrons. The minimum atomic E-state index is -0.420. The lowest BCUT2D eigenvalue weighted by atomic mass is 10.2. The van der Waals surface area contributed by atoms with Gasteiger partial charge in [0.25, 0.3) is 0 Å². The van der Waals surface area contributed by atoms with E-state index < -0.39 is 6.04 Å². The summed E-state index contributed by atoms with van der Waals surface area (Å²) in [4.78, 5) is 36.5. The molecule has 2 aliphatic rings. The van der Waals surface area contributed by atoms with Crippen LogP contribution in [0.5, 0.6) is 0 Å². The fourth-order valence-electron chi connectivity index (χ4n) is 2.41. The van der Waals surface area contributed by atoms with E-state index >= 15 is 0 Å². The fourth-order valence-corrected chi connectivity index (χ4v) is 2.41. The summed E-state index contributed by atoms with van der Waals surface area (Å²) in [6.45, 7) is 4.24. The van der Waals surface area contributed by atoms with E-state index in [1.54, 1.807) is 0 Å². The Morgan fingerprint density at radius 3 is 2.60 bits per heavy atom. The van der Waals surface area contributed by atoms with Crippen LogP contribution in [0.4, 0.5) is 0 Å². The maximum absolute atomic E-state index is 12.0. The van der Waals surface area contributed by atoms with Crippen molar-refractivity contribution < 1.29 is 14.4 Å². The summed E-state index contributed by atoms with van der Waals surface area (Å²) in [5, 5.41) is 6.00. The number of hydrogen-bond acceptors (Lipinski definition) is 4. The van der Waals surface area contributed by atoms with Gasteiger partial charge in [-0.25, -0.2) is 0 Å². The lowest BCUT2D eigenvalue weighted by Gasteiger charge is -2.19. The molecule has 112 valence electrons. The smallest absolute Gasteiger partial charge is 0.247 e. The number of imide groups is 1. The standard InChI is InChI=1S/C14H23N3O3/c1-9(2)17-13(19)8-11(14(17)20)15-7-3-4-12(18)16-10-5-6-10/h9-11,15H,3-8H2,1-2H3,(H,16,18). The Kier molecular flexibility index (Phi) is 4.75. The Labute approximate surface area is 119 Å². The van der Waals surface area contributed by atoms with Crippen molar-refractivity contribution in [1.82, 2.24) is 15.5 Å². The van der Waals surface area contributed by atoms with Gasteiger partial charge >= 0.3 is 0 Å². The molecule has 2 rings (SSSR count). The number of amides is 3. The molecule has 0 bridgehead atoms. The van der Waals surface area contributed by atoms with E-state index in [1.807, 2.05) is 13.8 Å². The maximum atomic E-state index is 12.0. The molecule has 1 aliphatic heterocycles. The molecule has 20 heavy (non-hydrogen) atoms. The van der Waals surface area contributed by atoms with Gasteiger partial charge in [-0.2, -0.15) is 0 Å². The van der Waals surface area contributed by atoms with Crippen LogP contribution in [0.3, 0.4) is 0 Å². The van der Waals surface area contributed by atoms with Gasteiger partial charge in [0.05, 0.1) is 12.5 Å². The van der Waals surface area contributed by atoms with Crippen molar-refractivity contribution >= 4 is 17.7 Å². The van der Waals surface area contributed by atoms with Crippen LogP contribution in [0.1, 0.15) is 46.0 Å². The zero-order chi connectivity index (χ0) is 14.7. The van der Waals surface area contributed by atoms with Crippen LogP contribution < -0.4 is 10.6 Å². The molecule has 1 aliphatic carbocycles. The number of nitrogens with zero attached hydrogens (tertiary/aromatic N) is 1. The van der Waals surface area contributed by atoms with Crippen molar-refractivity contribution in [3.63, 3.8) is 0 Å². The van der Waals surface area contributed by atoms with Gasteiger partial charge < -0.3 is 10.6 Å². The van der Waals surface area contributed by atoms with Gasteiger partial charge in [-0.1, -0.05) is 0 Å². The second-order valence-electron chi connectivity index (χ2n) is 5.85. The lowest BCUT2D eigenvalue weighted by Crippen LogP contribution is -2.42. The molecule has 0 aromatic rings. The van der Waals surface area contributed by atoms with Crippen LogP contribution in [0.2, 0.25) is 0 Å². The van der Waals surface area contributed by atoms with E-state index in [4.69, 9.17) is 0 Å². The molecular weight excluding hydrogens is 258 g/mol. The third kappa shape index (κ3) is 3.79. The molecule has 3 amide bonds. The molecule has 2 fully saturated rings. The molecule has 0 aromatic heterocycles. The normalized spacial score (nSPS) is 22.8. The largest absolute Gasteiger partial charge is 0.353 e. The minimum absolute atomic E-state index is 0.0759. The van der Waals surface area contributed by atoms with Crippen LogP contribution in [-0.4, -0.2) is 47.3 Å². The topological polar surface area (TPSA) is 78.5 Å². The monoisotopic (exact) mass is 281 g/mol. The highest BCUT2D eigenvalue weighted by molar-refractivity contribution is 6.05. The molecule has 6 heteroatoms. The zero-order valence-electron chi connectivity index (χ0n) is 12.1. The first kappa shape index (κ1) is 15.0. The first-order chi connectivity index (χ1) is 9.49. The molecule has 1 heterocycles. The zero-order valence-corrected chi connectivity index (χ0v) is 12.1. The first-order valence-corrected chi connectivity index (χ1v) is 7.37. The maximum Gasteiger partial charge on any atom is 0.247 e. The molecule has 1 saturated heterocycles. The average molecular weight is 281 g/mol. The Morgan fingerprint density at radius 1 is 1.35 bits per heavy atom. The quantitative estimate of drug-likeness (QED) is 0.515. The Balaban J connectivity index is 1.65. The molecule has 2 N–H and O–H groups in total. The lowest BCUT2D eigenvalue weighted by molar-refractivity contribution is -0.140. The highest BCUT2D eigenvalue weighted by Gasteiger charge is 2.39. The summed E-state index contributed by atoms with van der Waals surface area (Å²) in [6.07, 6.45) is 3.55. The van der Waals surface area contributed by atoms with E-state index in [-0.39, 0.29) is 30.2 Å². The second kappa shape index (κ2) is 6.35. The number of nitrogens with one attached hydrogen (secondary N) is 2. The molecular formula is C14H23N3O3. The number of carbonyl (C=O) groups is 3. The van der Waals surface area contributed by atoms with Gasteiger partial charge in [-0.15, -0.1) is 0 Å². The Morgan fingerprint density at radius 2 is 2.05 bits per heavy atom. The molecule has 0 aromatic carbocycles. The Hall–Kier alpha value is -1.43. The average Bonchev–Trinajstić information content (AvgIpc) is 3.11. The summed E-state index contributed by atoms with van der Waals surface area (Å²) < 4.78 is 0. The number of carbonyl (C=O) groups excluding carboxylic acids is 3. The van der Waals surface area contributed by atoms with E-state index in [0.29, 0.717) is 25.4 Å². The van der Waals surface area contributed by atoms with Crippen LogP contribution >= 0.6 is 0 Å². The highest BCUT2D eigenvalue weighted by atomic mass is 16.2. The summed E-state index contributed by atoms with van der Waals surface area (Å²) in [7, 11) is 0. The van der Waals surface area contributed by atoms with Gasteiger partial charge in [0.15, 0.2) is 0 Å². The third-order valence-electron chi connectivity index (χ3n) is 3.61. The van der Waals surface area contributed by atoms with Gasteiger partial charge in [0, 0.05) is 18.5 Å². The Bertz CT molecular complexity index is 404. The second-order valence-corrected chi connectivity index (χ2v) is 5.85. The van der Waals surface area contributed by atoms with E-state index in [0.717, 1.165) is 12.8 Å². The van der Waals surface area contributed by atoms with Crippen LogP contribution in [0, 0.1) is 0 Å². The van der Waals surface area contributed by atoms with Gasteiger partial charge in [-0.05, 0) is 39.7 Å². The van der Waals surface area contributed by atoms with Crippen LogP contribution in [0.25, 0.3) is 0 Å². The SMILES string of the molecule is CC(C)N1C(=O)CC(NCCCC(=O)NC2CC2)C1=O. The van der Waals surface area contributed by atoms with Crippen LogP contribution in [-0.2, 0) is 14.4 Å². The third-order valence-corrected chi connectivity index (χ3v) is 3.61. The van der Waals surface area contributed by atoms with Crippen molar-refractivity contribution in [1.29, 1.82) is 0 Å². The number of likely N-dealkylation sites (tertiary alicyclic amines) is 1. The number of rotatable bonds is 7. The van der Waals surface area contributed by atoms with Crippen LogP contribution in [0.15, 0.2) is 0 Å². The van der Waals surface area contributed by atoms with Crippen molar-refractivity contribution in [2.45, 2.75) is 64.1 Å². The summed E-state index contributed by atoms with van der Waals surface area (Å²) in [5.41, 5.74) is 0. The highest BCUT2D eigenvalue weighted by Crippen LogP contribution is 2.19. The molecule has 1 saturated carbocycles. The fraction of sp³-hybridized carbons (Fsp3) is 0.786. The minimum Gasteiger partial charge on any atom is -0.353 e. The summed E-state index contributed by atoms with van der Waals surface area (Å²) >= 11 is 0. The van der Waals surface area contributed by atoms with E-state index in [1.165, 1.54) is 4.90 Å². The summed E-state index contributed by atoms with van der Waals surface area (Å²) in [5.74, 6) is -0.187. The predicted molar refractivity (Wildman–Crippen MR) is 73.8 cm³/mol. The number of hydrogen-bond donors (Lipinski definition) is 2. The predicted octanol–water partition coefficient (Wildman–Crippen LogP) is 0.171. The van der Waals surface area contributed by atoms with Crippen molar-refractivity contribution in [3.8, 4) is 0 Å². The van der Waals surface area contributed by atoms with E-state index in [2.05, 4.69) is 10.6 Å². The molecule has 0 spiro atoms. The van der Waals surface area contributed by atoms with E-state index in [9.17, 15) is 14.4 Å². The van der Waals surface area contributed by atoms with Gasteiger partial charge in [-0.3, -0.25) is 19.3 Å². The molecule has 1 unspecified atom stereocenters. The molecule has 6 nitrogen and oxygen atoms in total. The van der Waals surface area contributed by atoms with Crippen molar-refractivity contribution in [2.24, 2.45) is 0 Å². The first-order valence-electron chi connectivity index (χ1n) is 7.37. The van der Waals surface area contributed by atoms with Gasteiger partial charge in [0.1, 0.15) is 0 Å². The van der Waals surface area contributed by atoms with Crippen molar-refractivity contribution in [3.05, 3.63) is 0 Å². The summed E-state index contributed by atoms with van der Waals surface area (Å²) in [6, 6.07) is -0.119. The van der Waals surface area contributed by atoms with Gasteiger partial charge in [0.2, 0.25) is 17.7 Å². The molecule has 1 atom stereocenters. The van der Waals surface area contributed by atoms with Crippen molar-refractivity contribution in [2.75, 3.05) is 6.54 Å².